The van der Waals surface area contributed by atoms with E-state index in [1.807, 2.05) is 12.1 Å². The molecule has 1 aliphatic carbocycles. The summed E-state index contributed by atoms with van der Waals surface area (Å²) in [6.07, 6.45) is 4.76. The van der Waals surface area contributed by atoms with Crippen LogP contribution in [0, 0.1) is 5.92 Å². The van der Waals surface area contributed by atoms with E-state index in [0.717, 1.165) is 29.4 Å². The first-order chi connectivity index (χ1) is 12.5. The molecule has 136 valence electrons. The number of benzene rings is 1. The molecule has 1 amide bonds. The third-order valence-corrected chi connectivity index (χ3v) is 4.89. The van der Waals surface area contributed by atoms with Crippen LogP contribution >= 0.6 is 15.9 Å². The van der Waals surface area contributed by atoms with Crippen molar-refractivity contribution < 1.29 is 14.3 Å². The predicted molar refractivity (Wildman–Crippen MR) is 103 cm³/mol. The van der Waals surface area contributed by atoms with Gasteiger partial charge in [-0.25, -0.2) is 4.79 Å². The van der Waals surface area contributed by atoms with Crippen LogP contribution in [0.1, 0.15) is 41.2 Å². The largest absolute Gasteiger partial charge is 0.465 e. The molecule has 26 heavy (non-hydrogen) atoms. The summed E-state index contributed by atoms with van der Waals surface area (Å²) in [5.41, 5.74) is 7.86. The fourth-order valence-electron chi connectivity index (χ4n) is 2.78. The number of carbonyl (C=O) groups is 2. The van der Waals surface area contributed by atoms with Gasteiger partial charge in [0.25, 0.3) is 0 Å². The molecule has 0 saturated heterocycles. The molecule has 1 saturated carbocycles. The molecule has 3 rings (SSSR count). The smallest absolute Gasteiger partial charge is 0.337 e. The van der Waals surface area contributed by atoms with Gasteiger partial charge in [-0.1, -0.05) is 12.8 Å². The van der Waals surface area contributed by atoms with Crippen molar-refractivity contribution in [1.29, 1.82) is 0 Å². The van der Waals surface area contributed by atoms with E-state index in [2.05, 4.69) is 31.0 Å². The number of hydrogen-bond donors (Lipinski definition) is 2. The average Bonchev–Trinajstić information content (AvgIpc) is 3.45. The second-order valence-electron chi connectivity index (χ2n) is 6.42. The van der Waals surface area contributed by atoms with Crippen LogP contribution in [0.25, 0.3) is 0 Å². The summed E-state index contributed by atoms with van der Waals surface area (Å²) in [7, 11) is 1.31. The molecule has 0 bridgehead atoms. The number of ether oxygens (including phenoxy) is 1. The van der Waals surface area contributed by atoms with Crippen LogP contribution in [0.4, 0.5) is 11.4 Å². The highest BCUT2D eigenvalue weighted by Crippen LogP contribution is 2.39. The Bertz CT molecular complexity index is 819. The lowest BCUT2D eigenvalue weighted by molar-refractivity contribution is -0.117. The number of methoxy groups -OCH3 is 1. The number of amides is 1. The normalized spacial score (nSPS) is 14.5. The van der Waals surface area contributed by atoms with Crippen LogP contribution in [-0.2, 0) is 9.53 Å². The van der Waals surface area contributed by atoms with Crippen LogP contribution in [-0.4, -0.2) is 24.0 Å². The van der Waals surface area contributed by atoms with Gasteiger partial charge in [0, 0.05) is 10.7 Å². The van der Waals surface area contributed by atoms with Crippen molar-refractivity contribution in [3.63, 3.8) is 0 Å². The molecule has 1 aliphatic rings. The summed E-state index contributed by atoms with van der Waals surface area (Å²) in [5.74, 6) is -0.394. The van der Waals surface area contributed by atoms with Gasteiger partial charge in [0.2, 0.25) is 5.91 Å². The number of hydrogen-bond acceptors (Lipinski definition) is 5. The van der Waals surface area contributed by atoms with Crippen molar-refractivity contribution in [1.82, 2.24) is 4.98 Å². The Morgan fingerprint density at radius 1 is 1.35 bits per heavy atom. The molecule has 1 atom stereocenters. The minimum absolute atomic E-state index is 0.149. The molecule has 1 aromatic heterocycles. The summed E-state index contributed by atoms with van der Waals surface area (Å²) in [4.78, 5) is 28.8. The van der Waals surface area contributed by atoms with Crippen molar-refractivity contribution >= 4 is 39.2 Å². The zero-order valence-corrected chi connectivity index (χ0v) is 16.0. The Labute approximate surface area is 160 Å². The fraction of sp³-hybridized carbons (Fsp3) is 0.316. The number of pyridine rings is 1. The number of aromatic nitrogens is 1. The highest BCUT2D eigenvalue weighted by Gasteiger charge is 2.31. The maximum atomic E-state index is 12.9. The van der Waals surface area contributed by atoms with E-state index >= 15 is 0 Å². The Kier molecular flexibility index (Phi) is 5.56. The van der Waals surface area contributed by atoms with Crippen molar-refractivity contribution in [3.8, 4) is 0 Å². The highest BCUT2D eigenvalue weighted by molar-refractivity contribution is 9.10. The van der Waals surface area contributed by atoms with Gasteiger partial charge >= 0.3 is 5.97 Å². The molecule has 3 N–H and O–H groups in total. The number of esters is 1. The first-order valence-corrected chi connectivity index (χ1v) is 9.17. The molecule has 2 aromatic rings. The van der Waals surface area contributed by atoms with E-state index in [4.69, 9.17) is 5.73 Å². The lowest BCUT2D eigenvalue weighted by atomic mass is 9.96. The number of anilines is 2. The molecule has 6 nitrogen and oxygen atoms in total. The predicted octanol–water partition coefficient (Wildman–Crippen LogP) is 3.74. The average molecular weight is 418 g/mol. The molecule has 1 fully saturated rings. The highest BCUT2D eigenvalue weighted by atomic mass is 79.9. The molecular formula is C19H20BrN3O3. The van der Waals surface area contributed by atoms with Crippen molar-refractivity contribution in [3.05, 3.63) is 52.3 Å². The summed E-state index contributed by atoms with van der Waals surface area (Å²) in [6, 6.07) is 8.43. The van der Waals surface area contributed by atoms with Crippen molar-refractivity contribution in [2.45, 2.75) is 25.2 Å². The quantitative estimate of drug-likeness (QED) is 0.551. The number of nitrogen functional groups attached to an aromatic ring is 1. The molecule has 0 aliphatic heterocycles. The van der Waals surface area contributed by atoms with Gasteiger partial charge in [-0.15, -0.1) is 0 Å². The molecular weight excluding hydrogens is 398 g/mol. The van der Waals surface area contributed by atoms with Crippen LogP contribution in [0.3, 0.4) is 0 Å². The van der Waals surface area contributed by atoms with Gasteiger partial charge in [0.1, 0.15) is 0 Å². The third-order valence-electron chi connectivity index (χ3n) is 4.42. The molecule has 7 heteroatoms. The molecule has 0 radical (unpaired) electrons. The van der Waals surface area contributed by atoms with Crippen LogP contribution < -0.4 is 11.1 Å². The maximum absolute atomic E-state index is 12.9. The van der Waals surface area contributed by atoms with Crippen molar-refractivity contribution in [2.75, 3.05) is 18.2 Å². The number of halogens is 1. The van der Waals surface area contributed by atoms with E-state index in [1.165, 1.54) is 13.2 Å². The second-order valence-corrected chi connectivity index (χ2v) is 7.33. The summed E-state index contributed by atoms with van der Waals surface area (Å²) in [5, 5.41) is 2.87. The summed E-state index contributed by atoms with van der Waals surface area (Å²) < 4.78 is 5.54. The Balaban J connectivity index is 1.79. The third kappa shape index (κ3) is 4.40. The lowest BCUT2D eigenvalue weighted by Gasteiger charge is -2.17. The number of nitrogens with one attached hydrogen (secondary N) is 1. The fourth-order valence-corrected chi connectivity index (χ4v) is 3.02. The molecule has 1 aromatic carbocycles. The lowest BCUT2D eigenvalue weighted by Crippen LogP contribution is -2.23. The minimum atomic E-state index is -0.472. The SMILES string of the molecule is COC(=O)c1ccc(NC(=O)C(CC2CC2)c2ccc(Br)cn2)c(N)c1. The molecule has 0 spiro atoms. The first-order valence-electron chi connectivity index (χ1n) is 8.38. The Morgan fingerprint density at radius 3 is 2.69 bits per heavy atom. The first kappa shape index (κ1) is 18.4. The van der Waals surface area contributed by atoms with Gasteiger partial charge in [0.05, 0.1) is 35.7 Å². The minimum Gasteiger partial charge on any atom is -0.465 e. The zero-order valence-electron chi connectivity index (χ0n) is 14.4. The summed E-state index contributed by atoms with van der Waals surface area (Å²) in [6.45, 7) is 0. The van der Waals surface area contributed by atoms with Crippen LogP contribution in [0.15, 0.2) is 41.0 Å². The van der Waals surface area contributed by atoms with E-state index in [-0.39, 0.29) is 11.8 Å². The van der Waals surface area contributed by atoms with E-state index in [9.17, 15) is 9.59 Å². The van der Waals surface area contributed by atoms with Gasteiger partial charge in [0.15, 0.2) is 0 Å². The van der Waals surface area contributed by atoms with E-state index < -0.39 is 5.97 Å². The Hall–Kier alpha value is -2.41. The topological polar surface area (TPSA) is 94.3 Å². The number of nitrogens with zero attached hydrogens (tertiary/aromatic N) is 1. The number of rotatable bonds is 6. The monoisotopic (exact) mass is 417 g/mol. The number of carbonyl (C=O) groups excluding carboxylic acids is 2. The van der Waals surface area contributed by atoms with Gasteiger partial charge in [-0.05, 0) is 58.6 Å². The second kappa shape index (κ2) is 7.86. The Morgan fingerprint density at radius 2 is 2.12 bits per heavy atom. The van der Waals surface area contributed by atoms with Gasteiger partial charge < -0.3 is 15.8 Å². The number of nitrogens with two attached hydrogens (primary N) is 1. The molecule has 1 unspecified atom stereocenters. The van der Waals surface area contributed by atoms with Crippen LogP contribution in [0.2, 0.25) is 0 Å². The van der Waals surface area contributed by atoms with Gasteiger partial charge in [-0.2, -0.15) is 0 Å². The molecule has 1 heterocycles. The zero-order chi connectivity index (χ0) is 18.7. The van der Waals surface area contributed by atoms with Gasteiger partial charge in [-0.3, -0.25) is 9.78 Å². The van der Waals surface area contributed by atoms with E-state index in [0.29, 0.717) is 22.9 Å². The summed E-state index contributed by atoms with van der Waals surface area (Å²) >= 11 is 3.37. The van der Waals surface area contributed by atoms with Crippen molar-refractivity contribution in [2.24, 2.45) is 5.92 Å². The standard InChI is InChI=1S/C19H20BrN3O3/c1-26-19(25)12-4-6-17(15(21)9-12)23-18(24)14(8-11-2-3-11)16-7-5-13(20)10-22-16/h4-7,9-11,14H,2-3,8,21H2,1H3,(H,23,24). The van der Waals surface area contributed by atoms with Crippen LogP contribution in [0.5, 0.6) is 0 Å². The maximum Gasteiger partial charge on any atom is 0.337 e. The van der Waals surface area contributed by atoms with E-state index in [1.54, 1.807) is 18.3 Å².